The molecule has 0 saturated heterocycles. The Morgan fingerprint density at radius 2 is 1.64 bits per heavy atom. The minimum atomic E-state index is -0.704. The highest BCUT2D eigenvalue weighted by Gasteiger charge is 2.22. The molecule has 1 atom stereocenters. The second-order valence-electron chi connectivity index (χ2n) is 5.94. The van der Waals surface area contributed by atoms with E-state index in [1.165, 1.54) is 17.0 Å². The molecule has 5 nitrogen and oxygen atoms in total. The third-order valence-corrected chi connectivity index (χ3v) is 4.01. The molecule has 132 valence electrons. The zero-order valence-corrected chi connectivity index (χ0v) is 14.2. The Kier molecular flexibility index (Phi) is 6.11. The highest BCUT2D eigenvalue weighted by atomic mass is 19.1. The van der Waals surface area contributed by atoms with Crippen molar-refractivity contribution in [2.24, 2.45) is 0 Å². The third-order valence-electron chi connectivity index (χ3n) is 4.01. The van der Waals surface area contributed by atoms with Crippen LogP contribution in [0.3, 0.4) is 0 Å². The fourth-order valence-electron chi connectivity index (χ4n) is 2.33. The lowest BCUT2D eigenvalue weighted by Gasteiger charge is -2.24. The summed E-state index contributed by atoms with van der Waals surface area (Å²) in [7, 11) is 1.57. The molecule has 2 amide bonds. The molecule has 0 saturated carbocycles. The van der Waals surface area contributed by atoms with Crippen LogP contribution in [0.1, 0.15) is 18.1 Å². The molecule has 2 N–H and O–H groups in total. The van der Waals surface area contributed by atoms with Crippen molar-refractivity contribution in [1.82, 2.24) is 10.2 Å². The molecular weight excluding hydrogens is 323 g/mol. The second-order valence-corrected chi connectivity index (χ2v) is 5.94. The van der Waals surface area contributed by atoms with Gasteiger partial charge in [0, 0.05) is 19.6 Å². The molecule has 2 rings (SSSR count). The lowest BCUT2D eigenvalue weighted by atomic mass is 10.1. The Morgan fingerprint density at radius 3 is 2.24 bits per heavy atom. The fraction of sp³-hybridized carbons (Fsp3) is 0.263. The number of likely N-dealkylation sites (N-methyl/N-ethyl adjacent to an activating group) is 1. The van der Waals surface area contributed by atoms with Gasteiger partial charge in [0.1, 0.15) is 11.6 Å². The molecule has 25 heavy (non-hydrogen) atoms. The second kappa shape index (κ2) is 8.28. The molecule has 2 aromatic carbocycles. The monoisotopic (exact) mass is 344 g/mol. The van der Waals surface area contributed by atoms with Gasteiger partial charge in [0.2, 0.25) is 0 Å². The van der Waals surface area contributed by atoms with Crippen molar-refractivity contribution in [3.8, 4) is 5.75 Å². The molecule has 0 spiro atoms. The van der Waals surface area contributed by atoms with Crippen LogP contribution in [0.2, 0.25) is 0 Å². The van der Waals surface area contributed by atoms with E-state index in [1.807, 2.05) is 6.92 Å². The van der Waals surface area contributed by atoms with Gasteiger partial charge in [-0.1, -0.05) is 24.3 Å². The molecular formula is C19H21FN2O3. The van der Waals surface area contributed by atoms with Gasteiger partial charge in [0.15, 0.2) is 0 Å². The molecule has 6 heteroatoms. The molecule has 0 fully saturated rings. The average molecular weight is 344 g/mol. The van der Waals surface area contributed by atoms with E-state index in [1.54, 1.807) is 43.4 Å². The number of hydrogen-bond donors (Lipinski definition) is 2. The van der Waals surface area contributed by atoms with Gasteiger partial charge in [0.25, 0.3) is 0 Å². The molecule has 0 bridgehead atoms. The van der Waals surface area contributed by atoms with Crippen molar-refractivity contribution >= 4 is 11.8 Å². The maximum absolute atomic E-state index is 12.8. The van der Waals surface area contributed by atoms with E-state index in [2.05, 4.69) is 5.32 Å². The summed E-state index contributed by atoms with van der Waals surface area (Å²) < 4.78 is 12.8. The largest absolute Gasteiger partial charge is 0.508 e. The minimum absolute atomic E-state index is 0.158. The number of aromatic hydroxyl groups is 1. The Balaban J connectivity index is 1.87. The summed E-state index contributed by atoms with van der Waals surface area (Å²) in [6, 6.07) is 12.2. The van der Waals surface area contributed by atoms with Gasteiger partial charge in [-0.15, -0.1) is 0 Å². The molecule has 0 heterocycles. The van der Waals surface area contributed by atoms with Crippen molar-refractivity contribution in [3.05, 3.63) is 65.5 Å². The molecule has 0 aliphatic rings. The molecule has 0 aliphatic carbocycles. The molecule has 0 radical (unpaired) electrons. The fourth-order valence-corrected chi connectivity index (χ4v) is 2.33. The number of phenolic OH excluding ortho intramolecular Hbond substituents is 1. The Bertz CT molecular complexity index is 729. The van der Waals surface area contributed by atoms with E-state index < -0.39 is 11.8 Å². The quantitative estimate of drug-likeness (QED) is 0.818. The van der Waals surface area contributed by atoms with Gasteiger partial charge in [0.05, 0.1) is 0 Å². The number of amides is 2. The predicted octanol–water partition coefficient (Wildman–Crippen LogP) is 2.24. The standard InChI is InChI=1S/C19H21FN2O3/c1-13(11-14-5-9-17(23)10-6-14)22(2)19(25)18(24)21-12-15-3-7-16(20)8-4-15/h3-10,13,23H,11-12H2,1-2H3,(H,21,24)/t13-/m1/s1. The highest BCUT2D eigenvalue weighted by molar-refractivity contribution is 6.34. The SMILES string of the molecule is C[C@H](Cc1ccc(O)cc1)N(C)C(=O)C(=O)NCc1ccc(F)cc1. The van der Waals surface area contributed by atoms with Crippen LogP contribution in [0.5, 0.6) is 5.75 Å². The predicted molar refractivity (Wildman–Crippen MR) is 92.3 cm³/mol. The highest BCUT2D eigenvalue weighted by Crippen LogP contribution is 2.13. The molecule has 0 aromatic heterocycles. The first-order valence-electron chi connectivity index (χ1n) is 7.94. The van der Waals surface area contributed by atoms with Gasteiger partial charge in [-0.3, -0.25) is 9.59 Å². The van der Waals surface area contributed by atoms with E-state index in [9.17, 15) is 19.1 Å². The first kappa shape index (κ1) is 18.4. The van der Waals surface area contributed by atoms with E-state index in [0.717, 1.165) is 5.56 Å². The van der Waals surface area contributed by atoms with Crippen LogP contribution >= 0.6 is 0 Å². The van der Waals surface area contributed by atoms with Crippen LogP contribution in [0.4, 0.5) is 4.39 Å². The summed E-state index contributed by atoms with van der Waals surface area (Å²) in [6.45, 7) is 2.00. The topological polar surface area (TPSA) is 69.6 Å². The summed E-state index contributed by atoms with van der Waals surface area (Å²) in [5, 5.41) is 11.8. The lowest BCUT2D eigenvalue weighted by molar-refractivity contribution is -0.146. The van der Waals surface area contributed by atoms with Crippen LogP contribution in [0.25, 0.3) is 0 Å². The van der Waals surface area contributed by atoms with Crippen molar-refractivity contribution in [2.45, 2.75) is 25.9 Å². The zero-order valence-electron chi connectivity index (χ0n) is 14.2. The maximum atomic E-state index is 12.8. The van der Waals surface area contributed by atoms with Crippen molar-refractivity contribution in [1.29, 1.82) is 0 Å². The number of carbonyl (C=O) groups is 2. The van der Waals surface area contributed by atoms with Crippen LogP contribution in [0, 0.1) is 5.82 Å². The summed E-state index contributed by atoms with van der Waals surface area (Å²) in [4.78, 5) is 25.6. The summed E-state index contributed by atoms with van der Waals surface area (Å²) in [5.41, 5.74) is 1.67. The Labute approximate surface area is 146 Å². The average Bonchev–Trinajstić information content (AvgIpc) is 2.61. The van der Waals surface area contributed by atoms with Gasteiger partial charge in [-0.05, 0) is 48.7 Å². The van der Waals surface area contributed by atoms with Crippen molar-refractivity contribution < 1.29 is 19.1 Å². The molecule has 0 aliphatic heterocycles. The molecule has 2 aromatic rings. The van der Waals surface area contributed by atoms with Crippen LogP contribution in [-0.2, 0) is 22.6 Å². The summed E-state index contributed by atoms with van der Waals surface area (Å²) in [5.74, 6) is -1.51. The van der Waals surface area contributed by atoms with Crippen LogP contribution in [0.15, 0.2) is 48.5 Å². The number of halogens is 1. The number of benzene rings is 2. The van der Waals surface area contributed by atoms with Gasteiger partial charge < -0.3 is 15.3 Å². The lowest BCUT2D eigenvalue weighted by Crippen LogP contribution is -2.45. The number of hydrogen-bond acceptors (Lipinski definition) is 3. The summed E-state index contributed by atoms with van der Waals surface area (Å²) in [6.07, 6.45) is 0.563. The normalized spacial score (nSPS) is 11.6. The van der Waals surface area contributed by atoms with Crippen LogP contribution in [-0.4, -0.2) is 34.9 Å². The van der Waals surface area contributed by atoms with Crippen molar-refractivity contribution in [2.75, 3.05) is 7.05 Å². The van der Waals surface area contributed by atoms with E-state index >= 15 is 0 Å². The van der Waals surface area contributed by atoms with Crippen LogP contribution < -0.4 is 5.32 Å². The van der Waals surface area contributed by atoms with Gasteiger partial charge >= 0.3 is 11.8 Å². The van der Waals surface area contributed by atoms with E-state index in [0.29, 0.717) is 12.0 Å². The number of nitrogens with zero attached hydrogens (tertiary/aromatic N) is 1. The van der Waals surface area contributed by atoms with Crippen molar-refractivity contribution in [3.63, 3.8) is 0 Å². The summed E-state index contributed by atoms with van der Waals surface area (Å²) >= 11 is 0. The first-order chi connectivity index (χ1) is 11.9. The van der Waals surface area contributed by atoms with Gasteiger partial charge in [-0.2, -0.15) is 0 Å². The van der Waals surface area contributed by atoms with E-state index in [-0.39, 0.29) is 24.2 Å². The molecule has 0 unspecified atom stereocenters. The Hall–Kier alpha value is -2.89. The first-order valence-corrected chi connectivity index (χ1v) is 7.94. The van der Waals surface area contributed by atoms with E-state index in [4.69, 9.17) is 0 Å². The minimum Gasteiger partial charge on any atom is -0.508 e. The number of nitrogens with one attached hydrogen (secondary N) is 1. The maximum Gasteiger partial charge on any atom is 0.311 e. The zero-order chi connectivity index (χ0) is 18.4. The smallest absolute Gasteiger partial charge is 0.311 e. The number of rotatable bonds is 5. The number of carbonyl (C=O) groups excluding carboxylic acids is 2. The number of phenols is 1. The Morgan fingerprint density at radius 1 is 1.08 bits per heavy atom. The van der Waals surface area contributed by atoms with Gasteiger partial charge in [-0.25, -0.2) is 4.39 Å². The third kappa shape index (κ3) is 5.31.